The first-order valence-corrected chi connectivity index (χ1v) is 13.1. The van der Waals surface area contributed by atoms with Gasteiger partial charge < -0.3 is 19.1 Å². The average molecular weight is 488 g/mol. The lowest BCUT2D eigenvalue weighted by Crippen LogP contribution is -2.33. The predicted octanol–water partition coefficient (Wildman–Crippen LogP) is 4.40. The van der Waals surface area contributed by atoms with Crippen LogP contribution in [0.3, 0.4) is 0 Å². The molecule has 4 heterocycles. The maximum Gasteiger partial charge on any atom is 0.226 e. The molecule has 0 unspecified atom stereocenters. The van der Waals surface area contributed by atoms with E-state index in [1.807, 2.05) is 16.8 Å². The Kier molecular flexibility index (Phi) is 7.41. The molecule has 34 heavy (non-hydrogen) atoms. The molecule has 0 spiro atoms. The number of rotatable bonds is 8. The summed E-state index contributed by atoms with van der Waals surface area (Å²) < 4.78 is 22.1. The molecule has 0 bridgehead atoms. The monoisotopic (exact) mass is 487 g/mol. The number of piperidine rings is 1. The minimum absolute atomic E-state index is 0.232. The molecule has 0 saturated carbocycles. The molecule has 1 aromatic carbocycles. The van der Waals surface area contributed by atoms with Gasteiger partial charge in [0.1, 0.15) is 11.5 Å². The van der Waals surface area contributed by atoms with Crippen LogP contribution in [0.1, 0.15) is 56.6 Å². The van der Waals surface area contributed by atoms with Gasteiger partial charge in [-0.05, 0) is 63.2 Å². The second-order valence-corrected chi connectivity index (χ2v) is 9.96. The third kappa shape index (κ3) is 4.83. The number of hydrogen-bond donors (Lipinski definition) is 0. The molecule has 0 aliphatic carbocycles. The molecule has 3 aliphatic heterocycles. The summed E-state index contributed by atoms with van der Waals surface area (Å²) in [6, 6.07) is 6.40. The van der Waals surface area contributed by atoms with Gasteiger partial charge in [-0.2, -0.15) is 0 Å². The Hall–Kier alpha value is -2.10. The maximum absolute atomic E-state index is 6.00. The van der Waals surface area contributed by atoms with Gasteiger partial charge >= 0.3 is 0 Å². The van der Waals surface area contributed by atoms with Crippen molar-refractivity contribution in [2.24, 2.45) is 0 Å². The number of ether oxygens (including phenoxy) is 3. The van der Waals surface area contributed by atoms with Gasteiger partial charge in [0.25, 0.3) is 0 Å². The molecular formula is C25H37N5O3S. The SMILES string of the molecule is COc1ccc([C@@H]2CCCN2Cn2nc(N3CCCCC3)n(C[C@@H]3CCCO3)c2=S)c(OC)c1. The quantitative estimate of drug-likeness (QED) is 0.512. The van der Waals surface area contributed by atoms with E-state index >= 15 is 0 Å². The van der Waals surface area contributed by atoms with Crippen LogP contribution in [-0.2, 0) is 18.0 Å². The lowest BCUT2D eigenvalue weighted by atomic mass is 10.0. The lowest BCUT2D eigenvalue weighted by molar-refractivity contribution is 0.0964. The number of anilines is 1. The van der Waals surface area contributed by atoms with Gasteiger partial charge in [-0.15, -0.1) is 5.10 Å². The molecule has 3 saturated heterocycles. The van der Waals surface area contributed by atoms with Crippen LogP contribution < -0.4 is 14.4 Å². The number of hydrogen-bond acceptors (Lipinski definition) is 7. The van der Waals surface area contributed by atoms with Crippen molar-refractivity contribution in [2.45, 2.75) is 70.3 Å². The maximum atomic E-state index is 6.00. The molecule has 186 valence electrons. The van der Waals surface area contributed by atoms with Gasteiger partial charge in [0.15, 0.2) is 0 Å². The number of likely N-dealkylation sites (tertiary alicyclic amines) is 1. The molecule has 9 heteroatoms. The van der Waals surface area contributed by atoms with Crippen LogP contribution in [0.25, 0.3) is 0 Å². The molecule has 8 nitrogen and oxygen atoms in total. The number of nitrogens with zero attached hydrogens (tertiary/aromatic N) is 5. The minimum atomic E-state index is 0.232. The number of aromatic nitrogens is 3. The summed E-state index contributed by atoms with van der Waals surface area (Å²) in [5, 5.41) is 5.09. The summed E-state index contributed by atoms with van der Waals surface area (Å²) in [5.74, 6) is 2.70. The normalized spacial score (nSPS) is 23.5. The summed E-state index contributed by atoms with van der Waals surface area (Å²) in [5.41, 5.74) is 1.20. The second kappa shape index (κ2) is 10.7. The van der Waals surface area contributed by atoms with Crippen LogP contribution in [0.4, 0.5) is 5.95 Å². The largest absolute Gasteiger partial charge is 0.497 e. The number of methoxy groups -OCH3 is 2. The molecule has 1 aromatic heterocycles. The van der Waals surface area contributed by atoms with Crippen LogP contribution in [-0.4, -0.2) is 65.8 Å². The molecule has 3 fully saturated rings. The Bertz CT molecular complexity index is 1030. The van der Waals surface area contributed by atoms with Crippen molar-refractivity contribution in [2.75, 3.05) is 45.4 Å². The van der Waals surface area contributed by atoms with E-state index in [0.717, 1.165) is 80.7 Å². The zero-order valence-corrected chi connectivity index (χ0v) is 21.3. The second-order valence-electron chi connectivity index (χ2n) is 9.60. The molecule has 5 rings (SSSR count). The van der Waals surface area contributed by atoms with E-state index in [4.69, 9.17) is 31.5 Å². The highest BCUT2D eigenvalue weighted by Gasteiger charge is 2.30. The van der Waals surface area contributed by atoms with E-state index in [1.165, 1.54) is 24.8 Å². The summed E-state index contributed by atoms with van der Waals surface area (Å²) >= 11 is 6.00. The van der Waals surface area contributed by atoms with Crippen molar-refractivity contribution in [1.29, 1.82) is 0 Å². The van der Waals surface area contributed by atoms with Crippen LogP contribution in [0.5, 0.6) is 11.5 Å². The summed E-state index contributed by atoms with van der Waals surface area (Å²) in [6.07, 6.45) is 8.41. The van der Waals surface area contributed by atoms with Gasteiger partial charge in [0, 0.05) is 43.9 Å². The Morgan fingerprint density at radius 1 is 1.03 bits per heavy atom. The van der Waals surface area contributed by atoms with E-state index in [0.29, 0.717) is 6.67 Å². The highest BCUT2D eigenvalue weighted by atomic mass is 32.1. The molecule has 2 atom stereocenters. The van der Waals surface area contributed by atoms with Gasteiger partial charge in [0.05, 0.1) is 33.5 Å². The summed E-state index contributed by atoms with van der Waals surface area (Å²) in [4.78, 5) is 4.89. The van der Waals surface area contributed by atoms with E-state index in [1.54, 1.807) is 14.2 Å². The zero-order valence-electron chi connectivity index (χ0n) is 20.4. The van der Waals surface area contributed by atoms with Gasteiger partial charge in [-0.3, -0.25) is 9.47 Å². The van der Waals surface area contributed by atoms with Crippen molar-refractivity contribution in [3.8, 4) is 11.5 Å². The molecule has 0 amide bonds. The van der Waals surface area contributed by atoms with E-state index in [9.17, 15) is 0 Å². The summed E-state index contributed by atoms with van der Waals surface area (Å²) in [7, 11) is 3.41. The van der Waals surface area contributed by atoms with E-state index < -0.39 is 0 Å². The first-order chi connectivity index (χ1) is 16.7. The van der Waals surface area contributed by atoms with E-state index in [2.05, 4.69) is 20.4 Å². The summed E-state index contributed by atoms with van der Waals surface area (Å²) in [6.45, 7) is 5.43. The molecule has 0 radical (unpaired) electrons. The highest BCUT2D eigenvalue weighted by molar-refractivity contribution is 7.71. The van der Waals surface area contributed by atoms with Crippen LogP contribution in [0, 0.1) is 4.77 Å². The predicted molar refractivity (Wildman–Crippen MR) is 134 cm³/mol. The minimum Gasteiger partial charge on any atom is -0.497 e. The van der Waals surface area contributed by atoms with Crippen molar-refractivity contribution < 1.29 is 14.2 Å². The van der Waals surface area contributed by atoms with Crippen LogP contribution >= 0.6 is 12.2 Å². The van der Waals surface area contributed by atoms with Gasteiger partial charge in [-0.1, -0.05) is 6.07 Å². The molecule has 3 aliphatic rings. The van der Waals surface area contributed by atoms with Crippen molar-refractivity contribution in [1.82, 2.24) is 19.2 Å². The van der Waals surface area contributed by atoms with E-state index in [-0.39, 0.29) is 12.1 Å². The fraction of sp³-hybridized carbons (Fsp3) is 0.680. The Morgan fingerprint density at radius 2 is 1.88 bits per heavy atom. The number of benzene rings is 1. The first kappa shape index (κ1) is 23.6. The third-order valence-electron chi connectivity index (χ3n) is 7.43. The Balaban J connectivity index is 1.42. The Morgan fingerprint density at radius 3 is 2.62 bits per heavy atom. The fourth-order valence-electron chi connectivity index (χ4n) is 5.61. The average Bonchev–Trinajstić information content (AvgIpc) is 3.62. The zero-order chi connectivity index (χ0) is 23.5. The molecular weight excluding hydrogens is 450 g/mol. The standard InChI is InChI=1S/C25H37N5O3S/c1-31-19-10-11-21(23(16-19)32-2)22-9-6-14-28(22)18-30-25(34)29(17-20-8-7-15-33-20)24(26-30)27-12-4-3-5-13-27/h10-11,16,20,22H,3-9,12-15,17-18H2,1-2H3/t20-,22-/m0/s1. The molecule has 0 N–H and O–H groups in total. The van der Waals surface area contributed by atoms with Crippen LogP contribution in [0.15, 0.2) is 18.2 Å². The topological polar surface area (TPSA) is 56.9 Å². The fourth-order valence-corrected chi connectivity index (χ4v) is 5.87. The Labute approximate surface area is 207 Å². The third-order valence-corrected chi connectivity index (χ3v) is 7.86. The first-order valence-electron chi connectivity index (χ1n) is 12.7. The van der Waals surface area contributed by atoms with Gasteiger partial charge in [0.2, 0.25) is 10.7 Å². The van der Waals surface area contributed by atoms with Crippen molar-refractivity contribution in [3.63, 3.8) is 0 Å². The smallest absolute Gasteiger partial charge is 0.226 e. The lowest BCUT2D eigenvalue weighted by Gasteiger charge is -2.28. The van der Waals surface area contributed by atoms with Crippen LogP contribution in [0.2, 0.25) is 0 Å². The van der Waals surface area contributed by atoms with Crippen molar-refractivity contribution >= 4 is 18.2 Å². The molecule has 2 aromatic rings. The highest BCUT2D eigenvalue weighted by Crippen LogP contribution is 2.39. The van der Waals surface area contributed by atoms with Gasteiger partial charge in [-0.25, -0.2) is 4.68 Å². The van der Waals surface area contributed by atoms with Crippen molar-refractivity contribution in [3.05, 3.63) is 28.5 Å².